The molecule has 0 aliphatic carbocycles. The van der Waals surface area contributed by atoms with E-state index in [9.17, 15) is 4.79 Å². The Hall–Kier alpha value is -0.770. The van der Waals surface area contributed by atoms with Crippen LogP contribution >= 0.6 is 0 Å². The molecule has 4 nitrogen and oxygen atoms in total. The molecule has 0 spiro atoms. The molecule has 1 saturated heterocycles. The summed E-state index contributed by atoms with van der Waals surface area (Å²) < 4.78 is 5.51. The molecule has 1 rings (SSSR count). The maximum Gasteiger partial charge on any atom is 0.410 e. The Morgan fingerprint density at radius 1 is 1.17 bits per heavy atom. The number of hydrogen-bond donors (Lipinski definition) is 1. The Morgan fingerprint density at radius 2 is 1.91 bits per heavy atom. The van der Waals surface area contributed by atoms with Crippen LogP contribution < -0.4 is 5.32 Å². The van der Waals surface area contributed by atoms with Gasteiger partial charge in [-0.15, -0.1) is 0 Å². The molecule has 136 valence electrons. The molecule has 0 saturated carbocycles. The molecule has 2 unspecified atom stereocenters. The fraction of sp³-hybridized carbons (Fsp3) is 0.947. The van der Waals surface area contributed by atoms with E-state index in [1.54, 1.807) is 0 Å². The lowest BCUT2D eigenvalue weighted by Crippen LogP contribution is -2.40. The minimum absolute atomic E-state index is 0.158. The molecule has 0 aromatic carbocycles. The molecule has 1 aliphatic heterocycles. The Labute approximate surface area is 143 Å². The third kappa shape index (κ3) is 8.59. The van der Waals surface area contributed by atoms with Gasteiger partial charge in [-0.2, -0.15) is 0 Å². The highest BCUT2D eigenvalue weighted by Gasteiger charge is 2.25. The minimum atomic E-state index is -0.409. The second kappa shape index (κ2) is 10.2. The molecule has 0 aromatic heterocycles. The van der Waals surface area contributed by atoms with E-state index in [1.165, 1.54) is 32.1 Å². The summed E-state index contributed by atoms with van der Waals surface area (Å²) in [5.74, 6) is 0. The van der Waals surface area contributed by atoms with Gasteiger partial charge in [0, 0.05) is 25.2 Å². The molecule has 2 atom stereocenters. The molecule has 1 heterocycles. The van der Waals surface area contributed by atoms with Crippen molar-refractivity contribution in [2.45, 2.75) is 104 Å². The van der Waals surface area contributed by atoms with E-state index >= 15 is 0 Å². The van der Waals surface area contributed by atoms with Gasteiger partial charge in [0.25, 0.3) is 0 Å². The lowest BCUT2D eigenvalue weighted by atomic mass is 10.0. The van der Waals surface area contributed by atoms with Gasteiger partial charge in [-0.25, -0.2) is 4.79 Å². The first-order valence-electron chi connectivity index (χ1n) is 9.59. The largest absolute Gasteiger partial charge is 0.444 e. The van der Waals surface area contributed by atoms with E-state index < -0.39 is 5.60 Å². The maximum atomic E-state index is 12.2. The number of likely N-dealkylation sites (tertiary alicyclic amines) is 1. The average Bonchev–Trinajstić information content (AvgIpc) is 2.69. The molecule has 1 fully saturated rings. The highest BCUT2D eigenvalue weighted by atomic mass is 16.6. The SMILES string of the molecule is CCCCC(CCC)NC1CCCN(C(=O)OC(C)(C)C)CC1. The molecule has 1 amide bonds. The van der Waals surface area contributed by atoms with Gasteiger partial charge >= 0.3 is 6.09 Å². The first-order valence-corrected chi connectivity index (χ1v) is 9.59. The lowest BCUT2D eigenvalue weighted by molar-refractivity contribution is 0.0256. The molecular formula is C19H38N2O2. The number of amides is 1. The predicted octanol–water partition coefficient (Wildman–Crippen LogP) is 4.72. The van der Waals surface area contributed by atoms with Crippen LogP contribution in [0.3, 0.4) is 0 Å². The quantitative estimate of drug-likeness (QED) is 0.735. The van der Waals surface area contributed by atoms with Gasteiger partial charge < -0.3 is 15.0 Å². The van der Waals surface area contributed by atoms with E-state index in [4.69, 9.17) is 4.74 Å². The Bertz CT molecular complexity index is 339. The zero-order valence-electron chi connectivity index (χ0n) is 16.0. The summed E-state index contributed by atoms with van der Waals surface area (Å²) in [6, 6.07) is 1.17. The van der Waals surface area contributed by atoms with E-state index in [1.807, 2.05) is 25.7 Å². The van der Waals surface area contributed by atoms with Crippen LogP contribution in [0.1, 0.15) is 86.0 Å². The molecular weight excluding hydrogens is 288 g/mol. The number of unbranched alkanes of at least 4 members (excludes halogenated alkanes) is 1. The molecule has 4 heteroatoms. The average molecular weight is 327 g/mol. The normalized spacial score (nSPS) is 20.9. The highest BCUT2D eigenvalue weighted by Crippen LogP contribution is 2.17. The smallest absolute Gasteiger partial charge is 0.410 e. The fourth-order valence-corrected chi connectivity index (χ4v) is 3.22. The van der Waals surface area contributed by atoms with Crippen molar-refractivity contribution in [3.63, 3.8) is 0 Å². The zero-order valence-corrected chi connectivity index (χ0v) is 16.0. The zero-order chi connectivity index (χ0) is 17.3. The van der Waals surface area contributed by atoms with Crippen LogP contribution in [0.25, 0.3) is 0 Å². The topological polar surface area (TPSA) is 41.6 Å². The van der Waals surface area contributed by atoms with Crippen LogP contribution in [-0.4, -0.2) is 41.8 Å². The number of carbonyl (C=O) groups is 1. The Kier molecular flexibility index (Phi) is 8.96. The van der Waals surface area contributed by atoms with Gasteiger partial charge in [-0.1, -0.05) is 33.1 Å². The summed E-state index contributed by atoms with van der Waals surface area (Å²) in [5.41, 5.74) is -0.409. The van der Waals surface area contributed by atoms with Crippen LogP contribution in [0.15, 0.2) is 0 Å². The Morgan fingerprint density at radius 3 is 2.52 bits per heavy atom. The summed E-state index contributed by atoms with van der Waals surface area (Å²) >= 11 is 0. The molecule has 23 heavy (non-hydrogen) atoms. The summed E-state index contributed by atoms with van der Waals surface area (Å²) in [6.07, 6.45) is 9.42. The summed E-state index contributed by atoms with van der Waals surface area (Å²) in [6.45, 7) is 11.9. The third-order valence-electron chi connectivity index (χ3n) is 4.39. The number of ether oxygens (including phenoxy) is 1. The first-order chi connectivity index (χ1) is 10.9. The van der Waals surface area contributed by atoms with Gasteiger partial charge in [0.05, 0.1) is 0 Å². The van der Waals surface area contributed by atoms with Crippen LogP contribution in [-0.2, 0) is 4.74 Å². The van der Waals surface area contributed by atoms with Crippen LogP contribution in [0.4, 0.5) is 4.79 Å². The van der Waals surface area contributed by atoms with Crippen molar-refractivity contribution in [3.05, 3.63) is 0 Å². The molecule has 0 radical (unpaired) electrons. The minimum Gasteiger partial charge on any atom is -0.444 e. The number of hydrogen-bond acceptors (Lipinski definition) is 3. The number of carbonyl (C=O) groups excluding carboxylic acids is 1. The van der Waals surface area contributed by atoms with Gasteiger partial charge in [0.2, 0.25) is 0 Å². The second-order valence-electron chi connectivity index (χ2n) is 7.89. The van der Waals surface area contributed by atoms with Gasteiger partial charge in [0.1, 0.15) is 5.60 Å². The van der Waals surface area contributed by atoms with Crippen LogP contribution in [0, 0.1) is 0 Å². The van der Waals surface area contributed by atoms with Crippen molar-refractivity contribution in [3.8, 4) is 0 Å². The van der Waals surface area contributed by atoms with E-state index in [0.29, 0.717) is 12.1 Å². The van der Waals surface area contributed by atoms with Crippen molar-refractivity contribution in [1.29, 1.82) is 0 Å². The first kappa shape index (κ1) is 20.3. The van der Waals surface area contributed by atoms with E-state index in [2.05, 4.69) is 19.2 Å². The molecule has 1 N–H and O–H groups in total. The summed E-state index contributed by atoms with van der Waals surface area (Å²) in [4.78, 5) is 14.1. The van der Waals surface area contributed by atoms with Crippen molar-refractivity contribution >= 4 is 6.09 Å². The summed E-state index contributed by atoms with van der Waals surface area (Å²) in [7, 11) is 0. The van der Waals surface area contributed by atoms with Crippen molar-refractivity contribution < 1.29 is 9.53 Å². The van der Waals surface area contributed by atoms with Crippen molar-refractivity contribution in [2.75, 3.05) is 13.1 Å². The van der Waals surface area contributed by atoms with Crippen molar-refractivity contribution in [2.24, 2.45) is 0 Å². The number of nitrogens with zero attached hydrogens (tertiary/aromatic N) is 1. The van der Waals surface area contributed by atoms with Gasteiger partial charge in [0.15, 0.2) is 0 Å². The highest BCUT2D eigenvalue weighted by molar-refractivity contribution is 5.68. The maximum absolute atomic E-state index is 12.2. The van der Waals surface area contributed by atoms with Gasteiger partial charge in [-0.05, 0) is 52.9 Å². The third-order valence-corrected chi connectivity index (χ3v) is 4.39. The van der Waals surface area contributed by atoms with E-state index in [-0.39, 0.29) is 6.09 Å². The van der Waals surface area contributed by atoms with E-state index in [0.717, 1.165) is 32.4 Å². The number of rotatable bonds is 7. The van der Waals surface area contributed by atoms with Crippen LogP contribution in [0.2, 0.25) is 0 Å². The van der Waals surface area contributed by atoms with Gasteiger partial charge in [-0.3, -0.25) is 0 Å². The fourth-order valence-electron chi connectivity index (χ4n) is 3.22. The lowest BCUT2D eigenvalue weighted by Gasteiger charge is -2.27. The Balaban J connectivity index is 2.45. The molecule has 0 aromatic rings. The number of nitrogens with one attached hydrogen (secondary N) is 1. The molecule has 1 aliphatic rings. The standard InChI is InChI=1S/C19H38N2O2/c1-6-8-11-16(10-7-2)20-17-12-9-14-21(15-13-17)18(22)23-19(3,4)5/h16-17,20H,6-15H2,1-5H3. The van der Waals surface area contributed by atoms with Crippen LogP contribution in [0.5, 0.6) is 0 Å². The predicted molar refractivity (Wildman–Crippen MR) is 96.8 cm³/mol. The van der Waals surface area contributed by atoms with Crippen molar-refractivity contribution in [1.82, 2.24) is 10.2 Å². The second-order valence-corrected chi connectivity index (χ2v) is 7.89. The molecule has 0 bridgehead atoms. The monoisotopic (exact) mass is 326 g/mol. The summed E-state index contributed by atoms with van der Waals surface area (Å²) in [5, 5.41) is 3.86.